The van der Waals surface area contributed by atoms with Crippen LogP contribution in [0.2, 0.25) is 0 Å². The van der Waals surface area contributed by atoms with Crippen LogP contribution in [0.25, 0.3) is 6.08 Å². The minimum atomic E-state index is -3.72. The predicted molar refractivity (Wildman–Crippen MR) is 74.5 cm³/mol. The Bertz CT molecular complexity index is 617. The van der Waals surface area contributed by atoms with E-state index in [0.717, 1.165) is 15.3 Å². The zero-order valence-corrected chi connectivity index (χ0v) is 11.3. The minimum absolute atomic E-state index is 0.222. The lowest BCUT2D eigenvalue weighted by Gasteiger charge is -2.25. The molecule has 1 aromatic rings. The van der Waals surface area contributed by atoms with E-state index in [-0.39, 0.29) is 6.54 Å². The van der Waals surface area contributed by atoms with Gasteiger partial charge in [-0.15, -0.1) is 0 Å². The maximum atomic E-state index is 12.1. The van der Waals surface area contributed by atoms with Gasteiger partial charge in [0.05, 0.1) is 5.41 Å². The zero-order valence-electron chi connectivity index (χ0n) is 10.5. The number of carbonyl (C=O) groups is 1. The van der Waals surface area contributed by atoms with E-state index in [1.54, 1.807) is 12.1 Å². The van der Waals surface area contributed by atoms with Crippen molar-refractivity contribution in [3.05, 3.63) is 53.5 Å². The molecule has 0 spiro atoms. The SMILES string of the molecule is C=C1CCCN(S(=O)(=O)C=Cc2ccccc2)C1=O. The smallest absolute Gasteiger partial charge is 0.262 e. The van der Waals surface area contributed by atoms with Gasteiger partial charge in [0.2, 0.25) is 0 Å². The number of nitrogens with zero attached hydrogens (tertiary/aromatic N) is 1. The lowest BCUT2D eigenvalue weighted by atomic mass is 10.1. The fraction of sp³-hybridized carbons (Fsp3) is 0.214. The number of amides is 1. The van der Waals surface area contributed by atoms with E-state index in [0.29, 0.717) is 18.4 Å². The molecule has 0 radical (unpaired) electrons. The van der Waals surface area contributed by atoms with Gasteiger partial charge < -0.3 is 0 Å². The fourth-order valence-electron chi connectivity index (χ4n) is 1.87. The van der Waals surface area contributed by atoms with Gasteiger partial charge in [-0.25, -0.2) is 12.7 Å². The van der Waals surface area contributed by atoms with Crippen molar-refractivity contribution < 1.29 is 13.2 Å². The average Bonchev–Trinajstić information content (AvgIpc) is 2.41. The Hall–Kier alpha value is -1.88. The highest BCUT2D eigenvalue weighted by Gasteiger charge is 2.29. The molecule has 4 nitrogen and oxygen atoms in total. The fourth-order valence-corrected chi connectivity index (χ4v) is 3.09. The summed E-state index contributed by atoms with van der Waals surface area (Å²) in [5, 5.41) is 1.07. The van der Waals surface area contributed by atoms with Crippen LogP contribution in [0.5, 0.6) is 0 Å². The van der Waals surface area contributed by atoms with E-state index in [4.69, 9.17) is 0 Å². The first kappa shape index (κ1) is 13.5. The van der Waals surface area contributed by atoms with Crippen LogP contribution in [-0.4, -0.2) is 25.2 Å². The lowest BCUT2D eigenvalue weighted by Crippen LogP contribution is -2.40. The molecule has 0 atom stereocenters. The Kier molecular flexibility index (Phi) is 3.85. The Morgan fingerprint density at radius 1 is 1.21 bits per heavy atom. The number of rotatable bonds is 3. The molecule has 1 heterocycles. The standard InChI is InChI=1S/C14H15NO3S/c1-12-6-5-10-15(14(12)16)19(17,18)11-9-13-7-3-2-4-8-13/h2-4,7-9,11H,1,5-6,10H2. The Morgan fingerprint density at radius 2 is 1.89 bits per heavy atom. The Balaban J connectivity index is 2.21. The topological polar surface area (TPSA) is 54.5 Å². The van der Waals surface area contributed by atoms with Gasteiger partial charge in [0, 0.05) is 12.1 Å². The summed E-state index contributed by atoms with van der Waals surface area (Å²) >= 11 is 0. The number of sulfonamides is 1. The van der Waals surface area contributed by atoms with E-state index >= 15 is 0 Å². The van der Waals surface area contributed by atoms with Gasteiger partial charge in [-0.05, 0) is 24.5 Å². The molecule has 1 fully saturated rings. The van der Waals surface area contributed by atoms with Crippen LogP contribution in [0.3, 0.4) is 0 Å². The first-order valence-electron chi connectivity index (χ1n) is 5.99. The van der Waals surface area contributed by atoms with E-state index in [9.17, 15) is 13.2 Å². The largest absolute Gasteiger partial charge is 0.268 e. The van der Waals surface area contributed by atoms with Crippen molar-refractivity contribution >= 4 is 22.0 Å². The molecule has 0 aliphatic carbocycles. The summed E-state index contributed by atoms with van der Waals surface area (Å²) in [4.78, 5) is 11.8. The summed E-state index contributed by atoms with van der Waals surface area (Å²) in [7, 11) is -3.72. The maximum absolute atomic E-state index is 12.1. The van der Waals surface area contributed by atoms with Crippen molar-refractivity contribution in [3.63, 3.8) is 0 Å². The molecule has 1 amide bonds. The Morgan fingerprint density at radius 3 is 2.58 bits per heavy atom. The normalized spacial score (nSPS) is 17.2. The van der Waals surface area contributed by atoms with Crippen molar-refractivity contribution in [2.24, 2.45) is 0 Å². The second-order valence-electron chi connectivity index (χ2n) is 4.34. The molecule has 0 aromatic heterocycles. The monoisotopic (exact) mass is 277 g/mol. The molecule has 1 aromatic carbocycles. The highest BCUT2D eigenvalue weighted by Crippen LogP contribution is 2.19. The molecule has 0 bridgehead atoms. The lowest BCUT2D eigenvalue weighted by molar-refractivity contribution is -0.123. The second-order valence-corrected chi connectivity index (χ2v) is 6.09. The number of benzene rings is 1. The van der Waals surface area contributed by atoms with E-state index < -0.39 is 15.9 Å². The molecule has 2 rings (SSSR count). The van der Waals surface area contributed by atoms with Gasteiger partial charge in [-0.2, -0.15) is 0 Å². The average molecular weight is 277 g/mol. The molecule has 1 saturated heterocycles. The molecular weight excluding hydrogens is 262 g/mol. The highest BCUT2D eigenvalue weighted by atomic mass is 32.2. The van der Waals surface area contributed by atoms with Crippen LogP contribution in [-0.2, 0) is 14.8 Å². The molecule has 0 unspecified atom stereocenters. The van der Waals surface area contributed by atoms with Crippen LogP contribution in [0, 0.1) is 0 Å². The molecule has 19 heavy (non-hydrogen) atoms. The highest BCUT2D eigenvalue weighted by molar-refractivity contribution is 7.92. The maximum Gasteiger partial charge on any atom is 0.262 e. The van der Waals surface area contributed by atoms with E-state index in [1.165, 1.54) is 6.08 Å². The third kappa shape index (κ3) is 3.12. The van der Waals surface area contributed by atoms with Crippen LogP contribution >= 0.6 is 0 Å². The number of hydrogen-bond acceptors (Lipinski definition) is 3. The van der Waals surface area contributed by atoms with Crippen molar-refractivity contribution in [3.8, 4) is 0 Å². The van der Waals surface area contributed by atoms with Crippen LogP contribution in [0.4, 0.5) is 0 Å². The third-order valence-electron chi connectivity index (χ3n) is 2.91. The summed E-state index contributed by atoms with van der Waals surface area (Å²) in [5.41, 5.74) is 1.12. The minimum Gasteiger partial charge on any atom is -0.268 e. The number of piperidine rings is 1. The molecule has 100 valence electrons. The van der Waals surface area contributed by atoms with Crippen molar-refractivity contribution in [1.29, 1.82) is 0 Å². The summed E-state index contributed by atoms with van der Waals surface area (Å²) in [5.74, 6) is -0.496. The summed E-state index contributed by atoms with van der Waals surface area (Å²) < 4.78 is 25.1. The number of hydrogen-bond donors (Lipinski definition) is 0. The first-order valence-corrected chi connectivity index (χ1v) is 7.49. The molecule has 0 saturated carbocycles. The van der Waals surface area contributed by atoms with Gasteiger partial charge in [0.1, 0.15) is 0 Å². The number of carbonyl (C=O) groups excluding carboxylic acids is 1. The quantitative estimate of drug-likeness (QED) is 0.796. The van der Waals surface area contributed by atoms with Gasteiger partial charge >= 0.3 is 0 Å². The van der Waals surface area contributed by atoms with Crippen molar-refractivity contribution in [1.82, 2.24) is 4.31 Å². The van der Waals surface area contributed by atoms with Gasteiger partial charge in [0.15, 0.2) is 0 Å². The second kappa shape index (κ2) is 5.40. The predicted octanol–water partition coefficient (Wildman–Crippen LogP) is 2.17. The Labute approximate surface area is 113 Å². The van der Waals surface area contributed by atoms with E-state index in [2.05, 4.69) is 6.58 Å². The molecular formula is C14H15NO3S. The third-order valence-corrected chi connectivity index (χ3v) is 4.35. The summed E-state index contributed by atoms with van der Waals surface area (Å²) in [6, 6.07) is 9.08. The van der Waals surface area contributed by atoms with Gasteiger partial charge in [-0.1, -0.05) is 36.9 Å². The zero-order chi connectivity index (χ0) is 13.9. The van der Waals surface area contributed by atoms with Crippen LogP contribution < -0.4 is 0 Å². The summed E-state index contributed by atoms with van der Waals surface area (Å²) in [6.45, 7) is 3.82. The molecule has 5 heteroatoms. The van der Waals surface area contributed by atoms with Crippen molar-refractivity contribution in [2.75, 3.05) is 6.54 Å². The molecule has 1 aliphatic rings. The molecule has 0 N–H and O–H groups in total. The molecule has 1 aliphatic heterocycles. The van der Waals surface area contributed by atoms with E-state index in [1.807, 2.05) is 18.2 Å². The van der Waals surface area contributed by atoms with Crippen molar-refractivity contribution in [2.45, 2.75) is 12.8 Å². The first-order chi connectivity index (χ1) is 9.00. The van der Waals surface area contributed by atoms with Crippen LogP contribution in [0.15, 0.2) is 47.9 Å². The van der Waals surface area contributed by atoms with Gasteiger partial charge in [0.25, 0.3) is 15.9 Å². The summed E-state index contributed by atoms with van der Waals surface area (Å²) in [6.07, 6.45) is 2.68. The van der Waals surface area contributed by atoms with Crippen LogP contribution in [0.1, 0.15) is 18.4 Å². The van der Waals surface area contributed by atoms with Gasteiger partial charge in [-0.3, -0.25) is 4.79 Å².